The Labute approximate surface area is 120 Å². The van der Waals surface area contributed by atoms with Gasteiger partial charge in [-0.15, -0.1) is 0 Å². The summed E-state index contributed by atoms with van der Waals surface area (Å²) in [5.74, 6) is 5.96. The maximum atomic E-state index is 12.0. The smallest absolute Gasteiger partial charge is 0.424 e. The summed E-state index contributed by atoms with van der Waals surface area (Å²) in [6.07, 6.45) is 3.24. The van der Waals surface area contributed by atoms with Crippen LogP contribution in [0.5, 0.6) is 0 Å². The van der Waals surface area contributed by atoms with Crippen LogP contribution in [0.4, 0.5) is 4.79 Å². The fourth-order valence-electron chi connectivity index (χ4n) is 2.58. The standard InChI is InChI=1S/C16H24N2O2/c1-16(2,3)20-15(19)18(17)14-10-8-12-6-4-5-7-13(12)9-11-14/h4-7,14H,8-11,17H2,1-3H3. The van der Waals surface area contributed by atoms with Gasteiger partial charge in [-0.05, 0) is 57.6 Å². The van der Waals surface area contributed by atoms with Gasteiger partial charge in [-0.1, -0.05) is 24.3 Å². The van der Waals surface area contributed by atoms with Crippen LogP contribution in [-0.2, 0) is 17.6 Å². The van der Waals surface area contributed by atoms with E-state index >= 15 is 0 Å². The van der Waals surface area contributed by atoms with Gasteiger partial charge < -0.3 is 4.74 Å². The van der Waals surface area contributed by atoms with Crippen molar-refractivity contribution in [1.82, 2.24) is 5.01 Å². The second-order valence-corrected chi connectivity index (χ2v) is 6.39. The summed E-state index contributed by atoms with van der Waals surface area (Å²) in [5, 5.41) is 1.27. The monoisotopic (exact) mass is 276 g/mol. The number of nitrogens with zero attached hydrogens (tertiary/aromatic N) is 1. The Morgan fingerprint density at radius 2 is 1.70 bits per heavy atom. The number of aryl methyl sites for hydroxylation is 2. The van der Waals surface area contributed by atoms with E-state index in [-0.39, 0.29) is 6.04 Å². The number of ether oxygens (including phenoxy) is 1. The SMILES string of the molecule is CC(C)(C)OC(=O)N(N)C1CCc2ccccc2CC1. The van der Waals surface area contributed by atoms with Crippen molar-refractivity contribution in [2.24, 2.45) is 5.84 Å². The van der Waals surface area contributed by atoms with Gasteiger partial charge in [0.15, 0.2) is 0 Å². The van der Waals surface area contributed by atoms with Crippen LogP contribution in [0, 0.1) is 0 Å². The van der Waals surface area contributed by atoms with Gasteiger partial charge in [0.2, 0.25) is 0 Å². The normalized spacial score (nSPS) is 16.2. The summed E-state index contributed by atoms with van der Waals surface area (Å²) in [6.45, 7) is 5.55. The molecule has 2 N–H and O–H groups in total. The molecule has 0 fully saturated rings. The lowest BCUT2D eigenvalue weighted by atomic mass is 10.0. The van der Waals surface area contributed by atoms with E-state index < -0.39 is 11.7 Å². The molecule has 0 unspecified atom stereocenters. The minimum Gasteiger partial charge on any atom is -0.443 e. The van der Waals surface area contributed by atoms with E-state index in [1.165, 1.54) is 16.1 Å². The first-order valence-electron chi connectivity index (χ1n) is 7.20. The number of hydrogen-bond acceptors (Lipinski definition) is 3. The molecule has 0 radical (unpaired) electrons. The Kier molecular flexibility index (Phi) is 4.33. The molecule has 1 aliphatic rings. The number of carbonyl (C=O) groups excluding carboxylic acids is 1. The Hall–Kier alpha value is -1.55. The number of fused-ring (bicyclic) bond motifs is 1. The second-order valence-electron chi connectivity index (χ2n) is 6.39. The molecule has 110 valence electrons. The van der Waals surface area contributed by atoms with Crippen LogP contribution in [0.2, 0.25) is 0 Å². The third-order valence-corrected chi connectivity index (χ3v) is 3.61. The molecule has 0 heterocycles. The summed E-state index contributed by atoms with van der Waals surface area (Å²) in [7, 11) is 0. The van der Waals surface area contributed by atoms with E-state index in [0.717, 1.165) is 25.7 Å². The van der Waals surface area contributed by atoms with E-state index in [1.807, 2.05) is 20.8 Å². The maximum Gasteiger partial charge on any atom is 0.424 e. The number of hydrogen-bond donors (Lipinski definition) is 1. The van der Waals surface area contributed by atoms with Crippen LogP contribution in [0.3, 0.4) is 0 Å². The van der Waals surface area contributed by atoms with Crippen molar-refractivity contribution in [1.29, 1.82) is 0 Å². The largest absolute Gasteiger partial charge is 0.443 e. The molecule has 0 bridgehead atoms. The van der Waals surface area contributed by atoms with Crippen LogP contribution < -0.4 is 5.84 Å². The molecule has 1 amide bonds. The van der Waals surface area contributed by atoms with E-state index in [9.17, 15) is 4.79 Å². The molecule has 1 aliphatic carbocycles. The van der Waals surface area contributed by atoms with E-state index in [2.05, 4.69) is 24.3 Å². The quantitative estimate of drug-likeness (QED) is 0.371. The molecule has 0 aliphatic heterocycles. The number of rotatable bonds is 1. The predicted octanol–water partition coefficient (Wildman–Crippen LogP) is 3.04. The highest BCUT2D eigenvalue weighted by Gasteiger charge is 2.27. The van der Waals surface area contributed by atoms with Crippen LogP contribution in [-0.4, -0.2) is 22.7 Å². The third-order valence-electron chi connectivity index (χ3n) is 3.61. The lowest BCUT2D eigenvalue weighted by Crippen LogP contribution is -2.48. The molecule has 0 saturated carbocycles. The first kappa shape index (κ1) is 14.9. The number of amides is 1. The topological polar surface area (TPSA) is 55.6 Å². The Bertz CT molecular complexity index is 453. The number of benzene rings is 1. The fourth-order valence-corrected chi connectivity index (χ4v) is 2.58. The van der Waals surface area contributed by atoms with E-state index in [4.69, 9.17) is 10.6 Å². The highest BCUT2D eigenvalue weighted by molar-refractivity contribution is 5.67. The third kappa shape index (κ3) is 3.73. The summed E-state index contributed by atoms with van der Waals surface area (Å²) in [4.78, 5) is 12.0. The minimum absolute atomic E-state index is 0.0391. The number of hydrazine groups is 1. The van der Waals surface area contributed by atoms with Gasteiger partial charge in [0.05, 0.1) is 6.04 Å². The summed E-state index contributed by atoms with van der Waals surface area (Å²) in [6, 6.07) is 8.48. The van der Waals surface area contributed by atoms with Crippen LogP contribution >= 0.6 is 0 Å². The maximum absolute atomic E-state index is 12.0. The van der Waals surface area contributed by atoms with Crippen LogP contribution in [0.1, 0.15) is 44.7 Å². The predicted molar refractivity (Wildman–Crippen MR) is 79.1 cm³/mol. The van der Waals surface area contributed by atoms with Gasteiger partial charge in [0, 0.05) is 0 Å². The number of nitrogens with two attached hydrogens (primary N) is 1. The first-order chi connectivity index (χ1) is 9.37. The molecule has 20 heavy (non-hydrogen) atoms. The van der Waals surface area contributed by atoms with Crippen LogP contribution in [0.15, 0.2) is 24.3 Å². The lowest BCUT2D eigenvalue weighted by Gasteiger charge is -2.29. The van der Waals surface area contributed by atoms with Gasteiger partial charge in [-0.3, -0.25) is 0 Å². The molecule has 1 aromatic rings. The minimum atomic E-state index is -0.512. The van der Waals surface area contributed by atoms with Crippen molar-refractivity contribution >= 4 is 6.09 Å². The average molecular weight is 276 g/mol. The molecule has 0 aromatic heterocycles. The van der Waals surface area contributed by atoms with E-state index in [1.54, 1.807) is 0 Å². The molecule has 0 spiro atoms. The summed E-state index contributed by atoms with van der Waals surface area (Å²) >= 11 is 0. The van der Waals surface area contributed by atoms with Gasteiger partial charge in [0.25, 0.3) is 0 Å². The van der Waals surface area contributed by atoms with Crippen molar-refractivity contribution in [3.63, 3.8) is 0 Å². The Morgan fingerprint density at radius 3 is 2.15 bits per heavy atom. The average Bonchev–Trinajstić information content (AvgIpc) is 2.58. The highest BCUT2D eigenvalue weighted by Crippen LogP contribution is 2.23. The van der Waals surface area contributed by atoms with Crippen molar-refractivity contribution in [2.45, 2.75) is 58.1 Å². The van der Waals surface area contributed by atoms with Crippen molar-refractivity contribution in [3.8, 4) is 0 Å². The summed E-state index contributed by atoms with van der Waals surface area (Å²) in [5.41, 5.74) is 2.22. The van der Waals surface area contributed by atoms with Crippen LogP contribution in [0.25, 0.3) is 0 Å². The van der Waals surface area contributed by atoms with Crippen molar-refractivity contribution in [2.75, 3.05) is 0 Å². The van der Waals surface area contributed by atoms with Gasteiger partial charge in [-0.25, -0.2) is 15.6 Å². The molecule has 0 saturated heterocycles. The number of carbonyl (C=O) groups is 1. The zero-order chi connectivity index (χ0) is 14.8. The molecule has 1 aromatic carbocycles. The summed E-state index contributed by atoms with van der Waals surface area (Å²) < 4.78 is 5.33. The van der Waals surface area contributed by atoms with Crippen molar-refractivity contribution < 1.29 is 9.53 Å². The molecule has 4 nitrogen and oxygen atoms in total. The molecule has 0 atom stereocenters. The second kappa shape index (κ2) is 5.83. The zero-order valence-electron chi connectivity index (χ0n) is 12.6. The first-order valence-corrected chi connectivity index (χ1v) is 7.20. The van der Waals surface area contributed by atoms with Gasteiger partial charge in [-0.2, -0.15) is 0 Å². The Morgan fingerprint density at radius 1 is 1.20 bits per heavy atom. The molecular weight excluding hydrogens is 252 g/mol. The molecule has 4 heteroatoms. The van der Waals surface area contributed by atoms with Gasteiger partial charge >= 0.3 is 6.09 Å². The van der Waals surface area contributed by atoms with Crippen molar-refractivity contribution in [3.05, 3.63) is 35.4 Å². The van der Waals surface area contributed by atoms with Gasteiger partial charge in [0.1, 0.15) is 5.60 Å². The molecule has 2 rings (SSSR count). The molecular formula is C16H24N2O2. The Balaban J connectivity index is 2.00. The highest BCUT2D eigenvalue weighted by atomic mass is 16.6. The van der Waals surface area contributed by atoms with E-state index in [0.29, 0.717) is 0 Å². The zero-order valence-corrected chi connectivity index (χ0v) is 12.6. The fraction of sp³-hybridized carbons (Fsp3) is 0.562. The lowest BCUT2D eigenvalue weighted by molar-refractivity contribution is 0.0142.